The Morgan fingerprint density at radius 2 is 1.79 bits per heavy atom. The van der Waals surface area contributed by atoms with Crippen LogP contribution in [0.25, 0.3) is 0 Å². The van der Waals surface area contributed by atoms with Gasteiger partial charge in [-0.05, 0) is 37.1 Å². The quantitative estimate of drug-likeness (QED) is 0.869. The van der Waals surface area contributed by atoms with E-state index in [-0.39, 0.29) is 23.6 Å². The maximum absolute atomic E-state index is 13.6. The highest BCUT2D eigenvalue weighted by Gasteiger charge is 2.15. The fourth-order valence-corrected chi connectivity index (χ4v) is 3.65. The fourth-order valence-electron chi connectivity index (χ4n) is 2.32. The van der Waals surface area contributed by atoms with Crippen LogP contribution in [0.3, 0.4) is 0 Å². The molecule has 0 aliphatic rings. The highest BCUT2D eigenvalue weighted by molar-refractivity contribution is 7.90. The molecule has 0 atom stereocenters. The molecule has 4 nitrogen and oxygen atoms in total. The van der Waals surface area contributed by atoms with Crippen molar-refractivity contribution in [3.63, 3.8) is 0 Å². The summed E-state index contributed by atoms with van der Waals surface area (Å²) in [7, 11) is -3.41. The summed E-state index contributed by atoms with van der Waals surface area (Å²) in [4.78, 5) is 11.9. The highest BCUT2D eigenvalue weighted by atomic mass is 32.2. The fraction of sp³-hybridized carbons (Fsp3) is 0.278. The molecule has 0 bridgehead atoms. The molecule has 0 aromatic heterocycles. The van der Waals surface area contributed by atoms with Crippen LogP contribution in [0.5, 0.6) is 0 Å². The molecule has 1 amide bonds. The van der Waals surface area contributed by atoms with Crippen molar-refractivity contribution in [2.45, 2.75) is 26.0 Å². The van der Waals surface area contributed by atoms with Gasteiger partial charge in [0.15, 0.2) is 9.84 Å². The van der Waals surface area contributed by atoms with Gasteiger partial charge in [0, 0.05) is 6.42 Å². The number of rotatable bonds is 6. The Balaban J connectivity index is 1.94. The molecule has 2 aromatic carbocycles. The van der Waals surface area contributed by atoms with Crippen LogP contribution in [0.1, 0.15) is 23.1 Å². The molecule has 0 radical (unpaired) electrons. The molecule has 0 saturated carbocycles. The van der Waals surface area contributed by atoms with Crippen molar-refractivity contribution in [1.29, 1.82) is 0 Å². The molecule has 128 valence electrons. The topological polar surface area (TPSA) is 63.2 Å². The Labute approximate surface area is 141 Å². The lowest BCUT2D eigenvalue weighted by Crippen LogP contribution is -2.19. The lowest BCUT2D eigenvalue weighted by Gasteiger charge is -2.08. The summed E-state index contributed by atoms with van der Waals surface area (Å²) in [6.45, 7) is 3.67. The summed E-state index contributed by atoms with van der Waals surface area (Å²) in [6, 6.07) is 11.6. The summed E-state index contributed by atoms with van der Waals surface area (Å²) in [5.74, 6) is -1.45. The normalized spacial score (nSPS) is 11.3. The maximum atomic E-state index is 13.6. The number of amides is 1. The minimum absolute atomic E-state index is 0.0658. The van der Waals surface area contributed by atoms with E-state index < -0.39 is 21.6 Å². The summed E-state index contributed by atoms with van der Waals surface area (Å²) >= 11 is 0. The highest BCUT2D eigenvalue weighted by Crippen LogP contribution is 2.16. The third-order valence-corrected chi connectivity index (χ3v) is 5.10. The van der Waals surface area contributed by atoms with E-state index in [0.717, 1.165) is 11.1 Å². The van der Waals surface area contributed by atoms with Crippen molar-refractivity contribution < 1.29 is 17.6 Å². The number of carbonyl (C=O) groups excluding carboxylic acids is 1. The van der Waals surface area contributed by atoms with E-state index in [1.54, 1.807) is 31.2 Å². The first kappa shape index (κ1) is 18.1. The van der Waals surface area contributed by atoms with Gasteiger partial charge in [0.1, 0.15) is 5.82 Å². The summed E-state index contributed by atoms with van der Waals surface area (Å²) in [6.07, 6.45) is -0.207. The molecule has 2 rings (SSSR count). The van der Waals surface area contributed by atoms with Gasteiger partial charge in [0.25, 0.3) is 0 Å². The number of nitrogens with one attached hydrogen (secondary N) is 1. The summed E-state index contributed by atoms with van der Waals surface area (Å²) < 4.78 is 37.9. The first-order valence-electron chi connectivity index (χ1n) is 7.57. The van der Waals surface area contributed by atoms with Crippen LogP contribution in [0.15, 0.2) is 42.5 Å². The minimum Gasteiger partial charge on any atom is -0.324 e. The zero-order valence-electron chi connectivity index (χ0n) is 13.7. The predicted octanol–water partition coefficient (Wildman–Crippen LogP) is 3.39. The monoisotopic (exact) mass is 349 g/mol. The molecule has 0 fully saturated rings. The van der Waals surface area contributed by atoms with E-state index in [1.165, 1.54) is 12.1 Å². The van der Waals surface area contributed by atoms with Crippen molar-refractivity contribution in [2.24, 2.45) is 0 Å². The molecule has 0 aliphatic carbocycles. The van der Waals surface area contributed by atoms with E-state index in [9.17, 15) is 17.6 Å². The molecule has 6 heteroatoms. The van der Waals surface area contributed by atoms with Crippen LogP contribution < -0.4 is 5.32 Å². The van der Waals surface area contributed by atoms with Crippen LogP contribution >= 0.6 is 0 Å². The predicted molar refractivity (Wildman–Crippen MR) is 93.1 cm³/mol. The van der Waals surface area contributed by atoms with Gasteiger partial charge in [0.2, 0.25) is 5.91 Å². The Kier molecular flexibility index (Phi) is 5.72. The molecule has 0 spiro atoms. The number of benzene rings is 2. The van der Waals surface area contributed by atoms with Crippen molar-refractivity contribution in [2.75, 3.05) is 11.1 Å². The Hall–Kier alpha value is -2.21. The largest absolute Gasteiger partial charge is 0.324 e. The lowest BCUT2D eigenvalue weighted by molar-refractivity contribution is -0.115. The third kappa shape index (κ3) is 5.45. The molecule has 0 heterocycles. The van der Waals surface area contributed by atoms with Gasteiger partial charge >= 0.3 is 0 Å². The van der Waals surface area contributed by atoms with Gasteiger partial charge in [-0.3, -0.25) is 4.79 Å². The minimum atomic E-state index is -3.41. The van der Waals surface area contributed by atoms with Crippen molar-refractivity contribution in [1.82, 2.24) is 0 Å². The van der Waals surface area contributed by atoms with Crippen molar-refractivity contribution >= 4 is 21.4 Å². The van der Waals surface area contributed by atoms with Gasteiger partial charge in [-0.2, -0.15) is 0 Å². The van der Waals surface area contributed by atoms with Gasteiger partial charge < -0.3 is 5.32 Å². The number of halogens is 1. The summed E-state index contributed by atoms with van der Waals surface area (Å²) in [5, 5.41) is 2.42. The van der Waals surface area contributed by atoms with E-state index >= 15 is 0 Å². The Morgan fingerprint density at radius 1 is 1.08 bits per heavy atom. The van der Waals surface area contributed by atoms with E-state index in [1.807, 2.05) is 13.0 Å². The number of anilines is 1. The SMILES string of the molecule is Cc1cccc(CS(=O)(=O)CCC(=O)Nc2cc(C)ccc2F)c1. The number of aryl methyl sites for hydroxylation is 2. The van der Waals surface area contributed by atoms with E-state index in [4.69, 9.17) is 0 Å². The first-order chi connectivity index (χ1) is 11.2. The second-order valence-electron chi connectivity index (χ2n) is 5.86. The smallest absolute Gasteiger partial charge is 0.225 e. The zero-order chi connectivity index (χ0) is 17.7. The lowest BCUT2D eigenvalue weighted by atomic mass is 10.2. The van der Waals surface area contributed by atoms with Gasteiger partial charge in [-0.15, -0.1) is 0 Å². The zero-order valence-corrected chi connectivity index (χ0v) is 14.5. The van der Waals surface area contributed by atoms with Crippen LogP contribution in [0.2, 0.25) is 0 Å². The second-order valence-corrected chi connectivity index (χ2v) is 8.05. The van der Waals surface area contributed by atoms with Crippen molar-refractivity contribution in [3.05, 3.63) is 65.0 Å². The average molecular weight is 349 g/mol. The number of carbonyl (C=O) groups is 1. The Morgan fingerprint density at radius 3 is 2.50 bits per heavy atom. The second kappa shape index (κ2) is 7.57. The van der Waals surface area contributed by atoms with Crippen LogP contribution in [0, 0.1) is 19.7 Å². The van der Waals surface area contributed by atoms with Crippen LogP contribution in [-0.4, -0.2) is 20.1 Å². The maximum Gasteiger partial charge on any atom is 0.225 e. The van der Waals surface area contributed by atoms with Gasteiger partial charge in [-0.1, -0.05) is 35.9 Å². The van der Waals surface area contributed by atoms with Gasteiger partial charge in [-0.25, -0.2) is 12.8 Å². The molecule has 0 aliphatic heterocycles. The average Bonchev–Trinajstić information content (AvgIpc) is 2.49. The van der Waals surface area contributed by atoms with Gasteiger partial charge in [0.05, 0.1) is 17.2 Å². The molecule has 2 aromatic rings. The first-order valence-corrected chi connectivity index (χ1v) is 9.39. The Bertz CT molecular complexity index is 847. The molecular weight excluding hydrogens is 329 g/mol. The van der Waals surface area contributed by atoms with Crippen LogP contribution in [0.4, 0.5) is 10.1 Å². The van der Waals surface area contributed by atoms with E-state index in [0.29, 0.717) is 5.56 Å². The number of sulfone groups is 1. The van der Waals surface area contributed by atoms with Crippen LogP contribution in [-0.2, 0) is 20.4 Å². The summed E-state index contributed by atoms with van der Waals surface area (Å²) in [5.41, 5.74) is 2.55. The number of hydrogen-bond donors (Lipinski definition) is 1. The number of hydrogen-bond acceptors (Lipinski definition) is 3. The van der Waals surface area contributed by atoms with Crippen molar-refractivity contribution in [3.8, 4) is 0 Å². The third-order valence-electron chi connectivity index (χ3n) is 3.51. The molecule has 0 unspecified atom stereocenters. The molecular formula is C18H20FNO3S. The molecule has 0 saturated heterocycles. The molecule has 24 heavy (non-hydrogen) atoms. The molecule has 1 N–H and O–H groups in total. The standard InChI is InChI=1S/C18H20FNO3S/c1-13-4-3-5-15(10-13)12-24(22,23)9-8-18(21)20-17-11-14(2)6-7-16(17)19/h3-7,10-11H,8-9,12H2,1-2H3,(H,20,21). The van der Waals surface area contributed by atoms with E-state index in [2.05, 4.69) is 5.32 Å².